The Hall–Kier alpha value is -4.62. The van der Waals surface area contributed by atoms with Gasteiger partial charge in [0, 0.05) is 27.2 Å². The Morgan fingerprint density at radius 3 is 2.70 bits per heavy atom. The molecule has 1 atom stereocenters. The van der Waals surface area contributed by atoms with Crippen LogP contribution in [-0.4, -0.2) is 81.1 Å². The average molecular weight is 514 g/mol. The fourth-order valence-corrected chi connectivity index (χ4v) is 4.09. The number of ether oxygens (including phenoxy) is 1. The number of likely N-dealkylation sites (tertiary alicyclic amines) is 1. The topological polar surface area (TPSA) is 151 Å². The van der Waals surface area contributed by atoms with Gasteiger partial charge < -0.3 is 20.3 Å². The van der Waals surface area contributed by atoms with Crippen LogP contribution in [0.25, 0.3) is 11.0 Å². The van der Waals surface area contributed by atoms with Crippen LogP contribution < -0.4 is 15.4 Å². The fourth-order valence-electron chi connectivity index (χ4n) is 4.09. The zero-order chi connectivity index (χ0) is 26.9. The average Bonchev–Trinajstić information content (AvgIpc) is 3.33. The number of hydrogen-bond acceptors (Lipinski definition) is 8. The summed E-state index contributed by atoms with van der Waals surface area (Å²) in [5, 5.41) is 6.65. The van der Waals surface area contributed by atoms with Crippen molar-refractivity contribution < 1.29 is 27.9 Å². The van der Waals surface area contributed by atoms with Crippen molar-refractivity contribution in [1.82, 2.24) is 30.0 Å². The summed E-state index contributed by atoms with van der Waals surface area (Å²) in [7, 11) is 2.77. The first-order chi connectivity index (χ1) is 17.6. The fraction of sp³-hybridized carbons (Fsp3) is 0.304. The summed E-state index contributed by atoms with van der Waals surface area (Å²) >= 11 is 0. The Morgan fingerprint density at radius 2 is 2.00 bits per heavy atom. The molecule has 0 saturated carbocycles. The highest BCUT2D eigenvalue weighted by atomic mass is 19.2. The molecule has 4 rings (SSSR count). The SMILES string of the molecule is C=CC(=O)N1CCCC(N(C(=O)c2[nH]nc3ncnc(N)c23)c2ccc(OC(=O)N(C)C)c(F)c2F)C1. The number of aromatic nitrogens is 4. The van der Waals surface area contributed by atoms with Crippen LogP contribution in [0.1, 0.15) is 23.3 Å². The Kier molecular flexibility index (Phi) is 7.00. The molecule has 0 aliphatic carbocycles. The minimum absolute atomic E-state index is 0.0348. The van der Waals surface area contributed by atoms with E-state index in [0.29, 0.717) is 19.4 Å². The molecule has 3 aromatic rings. The summed E-state index contributed by atoms with van der Waals surface area (Å²) in [6.45, 7) is 3.93. The number of benzene rings is 1. The lowest BCUT2D eigenvalue weighted by molar-refractivity contribution is -0.127. The van der Waals surface area contributed by atoms with Gasteiger partial charge in [-0.2, -0.15) is 9.49 Å². The van der Waals surface area contributed by atoms with E-state index in [1.807, 2.05) is 0 Å². The highest BCUT2D eigenvalue weighted by Gasteiger charge is 2.36. The quantitative estimate of drug-likeness (QED) is 0.492. The maximum Gasteiger partial charge on any atom is 0.414 e. The van der Waals surface area contributed by atoms with Crippen molar-refractivity contribution in [2.75, 3.05) is 37.8 Å². The van der Waals surface area contributed by atoms with E-state index >= 15 is 8.78 Å². The van der Waals surface area contributed by atoms with Gasteiger partial charge in [-0.25, -0.2) is 19.2 Å². The largest absolute Gasteiger partial charge is 0.414 e. The molecule has 14 heteroatoms. The molecule has 1 aromatic carbocycles. The minimum atomic E-state index is -1.46. The van der Waals surface area contributed by atoms with Crippen LogP contribution in [0, 0.1) is 11.6 Å². The summed E-state index contributed by atoms with van der Waals surface area (Å²) in [5.74, 6) is -4.72. The van der Waals surface area contributed by atoms with Crippen LogP contribution in [0.15, 0.2) is 31.1 Å². The number of H-pyrrole nitrogens is 1. The second kappa shape index (κ2) is 10.2. The van der Waals surface area contributed by atoms with Crippen molar-refractivity contribution in [3.8, 4) is 5.75 Å². The number of carbonyl (C=O) groups is 3. The third-order valence-corrected chi connectivity index (χ3v) is 5.91. The molecule has 1 unspecified atom stereocenters. The maximum atomic E-state index is 15.5. The van der Waals surface area contributed by atoms with Gasteiger partial charge in [0.15, 0.2) is 17.2 Å². The van der Waals surface area contributed by atoms with E-state index in [1.54, 1.807) is 0 Å². The minimum Gasteiger partial charge on any atom is -0.407 e. The number of anilines is 2. The lowest BCUT2D eigenvalue weighted by Crippen LogP contribution is -2.52. The molecular weight excluding hydrogens is 490 g/mol. The van der Waals surface area contributed by atoms with Gasteiger partial charge in [-0.1, -0.05) is 6.58 Å². The summed E-state index contributed by atoms with van der Waals surface area (Å²) in [6, 6.07) is 1.42. The molecule has 1 saturated heterocycles. The zero-order valence-corrected chi connectivity index (χ0v) is 20.1. The number of carbonyl (C=O) groups excluding carboxylic acids is 3. The standard InChI is InChI=1S/C23H24F2N8O4/c1-4-15(34)32-9-5-6-12(10-32)33(22(35)19-16-20(26)27-11-28-21(16)30-29-19)13-7-8-14(18(25)17(13)24)37-23(36)31(2)3/h4,7-8,11-12H,1,5-6,9-10H2,2-3H3,(H3,26,27,28,29,30). The van der Waals surface area contributed by atoms with E-state index in [9.17, 15) is 14.4 Å². The molecule has 1 fully saturated rings. The molecule has 12 nitrogen and oxygen atoms in total. The Morgan fingerprint density at radius 1 is 1.24 bits per heavy atom. The first-order valence-electron chi connectivity index (χ1n) is 11.2. The number of nitrogens with one attached hydrogen (secondary N) is 1. The molecular formula is C23H24F2N8O4. The predicted molar refractivity (Wildman–Crippen MR) is 129 cm³/mol. The third-order valence-electron chi connectivity index (χ3n) is 5.91. The van der Waals surface area contributed by atoms with Crippen molar-refractivity contribution in [2.24, 2.45) is 0 Å². The molecule has 1 aliphatic heterocycles. The number of fused-ring (bicyclic) bond motifs is 1. The monoisotopic (exact) mass is 514 g/mol. The lowest BCUT2D eigenvalue weighted by atomic mass is 10.0. The number of amides is 3. The maximum absolute atomic E-state index is 15.5. The van der Waals surface area contributed by atoms with Crippen molar-refractivity contribution in [1.29, 1.82) is 0 Å². The predicted octanol–water partition coefficient (Wildman–Crippen LogP) is 2.10. The summed E-state index contributed by atoms with van der Waals surface area (Å²) in [6.07, 6.45) is 2.27. The third kappa shape index (κ3) is 4.77. The van der Waals surface area contributed by atoms with E-state index in [0.717, 1.165) is 28.0 Å². The van der Waals surface area contributed by atoms with Crippen LogP contribution in [0.3, 0.4) is 0 Å². The van der Waals surface area contributed by atoms with E-state index in [1.165, 1.54) is 25.3 Å². The number of aromatic amines is 1. The second-order valence-electron chi connectivity index (χ2n) is 8.49. The number of hydrogen-bond donors (Lipinski definition) is 2. The van der Waals surface area contributed by atoms with Gasteiger partial charge in [0.2, 0.25) is 11.7 Å². The smallest absolute Gasteiger partial charge is 0.407 e. The van der Waals surface area contributed by atoms with Gasteiger partial charge >= 0.3 is 6.09 Å². The highest BCUT2D eigenvalue weighted by molar-refractivity contribution is 6.14. The van der Waals surface area contributed by atoms with E-state index in [-0.39, 0.29) is 35.0 Å². The Labute approximate surface area is 209 Å². The number of piperidine rings is 1. The van der Waals surface area contributed by atoms with E-state index in [2.05, 4.69) is 26.7 Å². The van der Waals surface area contributed by atoms with Crippen molar-refractivity contribution >= 4 is 40.4 Å². The van der Waals surface area contributed by atoms with Crippen molar-refractivity contribution in [3.05, 3.63) is 48.4 Å². The molecule has 0 radical (unpaired) electrons. The van der Waals surface area contributed by atoms with E-state index in [4.69, 9.17) is 10.5 Å². The van der Waals surface area contributed by atoms with Gasteiger partial charge in [0.25, 0.3) is 5.91 Å². The summed E-state index contributed by atoms with van der Waals surface area (Å²) in [4.78, 5) is 49.4. The van der Waals surface area contributed by atoms with Gasteiger partial charge in [-0.05, 0) is 31.1 Å². The van der Waals surface area contributed by atoms with Crippen LogP contribution in [0.5, 0.6) is 5.75 Å². The van der Waals surface area contributed by atoms with Crippen molar-refractivity contribution in [2.45, 2.75) is 18.9 Å². The Balaban J connectivity index is 1.81. The summed E-state index contributed by atoms with van der Waals surface area (Å²) < 4.78 is 35.4. The lowest BCUT2D eigenvalue weighted by Gasteiger charge is -2.39. The molecule has 2 aromatic heterocycles. The molecule has 0 bridgehead atoms. The Bertz CT molecular complexity index is 1390. The number of halogens is 2. The molecule has 3 heterocycles. The highest BCUT2D eigenvalue weighted by Crippen LogP contribution is 2.34. The molecule has 194 valence electrons. The van der Waals surface area contributed by atoms with Gasteiger partial charge in [0.05, 0.1) is 17.1 Å². The number of nitrogens with zero attached hydrogens (tertiary/aromatic N) is 6. The van der Waals surface area contributed by atoms with Gasteiger partial charge in [0.1, 0.15) is 17.8 Å². The van der Waals surface area contributed by atoms with Crippen LogP contribution in [0.2, 0.25) is 0 Å². The van der Waals surface area contributed by atoms with Crippen LogP contribution in [-0.2, 0) is 4.79 Å². The van der Waals surface area contributed by atoms with E-state index < -0.39 is 41.1 Å². The number of nitrogen functional groups attached to an aromatic ring is 1. The first-order valence-corrected chi connectivity index (χ1v) is 11.2. The molecule has 0 spiro atoms. The molecule has 3 N–H and O–H groups in total. The van der Waals surface area contributed by atoms with Gasteiger partial charge in [-0.3, -0.25) is 19.6 Å². The number of rotatable bonds is 5. The first kappa shape index (κ1) is 25.5. The zero-order valence-electron chi connectivity index (χ0n) is 20.1. The number of nitrogens with two attached hydrogens (primary N) is 1. The van der Waals surface area contributed by atoms with Crippen LogP contribution >= 0.6 is 0 Å². The van der Waals surface area contributed by atoms with Crippen molar-refractivity contribution in [3.63, 3.8) is 0 Å². The second-order valence-corrected chi connectivity index (χ2v) is 8.49. The molecule has 37 heavy (non-hydrogen) atoms. The van der Waals surface area contributed by atoms with Crippen LogP contribution in [0.4, 0.5) is 25.1 Å². The normalized spacial score (nSPS) is 15.4. The molecule has 1 aliphatic rings. The van der Waals surface area contributed by atoms with Gasteiger partial charge in [-0.15, -0.1) is 0 Å². The summed E-state index contributed by atoms with van der Waals surface area (Å²) in [5.41, 5.74) is 5.50. The molecule has 3 amide bonds.